The third kappa shape index (κ3) is 3.65. The van der Waals surface area contributed by atoms with E-state index in [0.717, 1.165) is 0 Å². The number of hydrogen-bond donors (Lipinski definition) is 3. The molecule has 8 nitrogen and oxygen atoms in total. The number of anilines is 1. The Kier molecular flexibility index (Phi) is 4.16. The second kappa shape index (κ2) is 5.85. The van der Waals surface area contributed by atoms with E-state index < -0.39 is 16.6 Å². The van der Waals surface area contributed by atoms with Crippen LogP contribution in [0, 0.1) is 10.1 Å². The number of ether oxygens (including phenoxy) is 1. The maximum absolute atomic E-state index is 11.6. The molecule has 1 heterocycles. The van der Waals surface area contributed by atoms with Crippen molar-refractivity contribution in [1.82, 2.24) is 5.32 Å². The van der Waals surface area contributed by atoms with Gasteiger partial charge in [0, 0.05) is 30.8 Å². The number of urea groups is 1. The second-order valence-corrected chi connectivity index (χ2v) is 4.64. The predicted molar refractivity (Wildman–Crippen MR) is 70.5 cm³/mol. The topological polar surface area (TPSA) is 114 Å². The Labute approximate surface area is 114 Å². The van der Waals surface area contributed by atoms with Gasteiger partial charge in [-0.2, -0.15) is 0 Å². The maximum atomic E-state index is 11.6. The molecule has 1 atom stereocenters. The van der Waals surface area contributed by atoms with Gasteiger partial charge >= 0.3 is 6.03 Å². The summed E-state index contributed by atoms with van der Waals surface area (Å²) in [5.74, 6) is 0. The first-order valence-corrected chi connectivity index (χ1v) is 6.08. The molecule has 1 aliphatic heterocycles. The van der Waals surface area contributed by atoms with E-state index in [4.69, 9.17) is 4.74 Å². The number of non-ortho nitro benzene ring substituents is 1. The van der Waals surface area contributed by atoms with Crippen LogP contribution in [-0.2, 0) is 4.74 Å². The number of benzene rings is 1. The van der Waals surface area contributed by atoms with Gasteiger partial charge in [0.2, 0.25) is 0 Å². The minimum atomic E-state index is -1.02. The minimum Gasteiger partial charge on any atom is -0.386 e. The Morgan fingerprint density at radius 3 is 2.70 bits per heavy atom. The zero-order valence-corrected chi connectivity index (χ0v) is 10.7. The minimum absolute atomic E-state index is 0.0478. The quantitative estimate of drug-likeness (QED) is 0.559. The van der Waals surface area contributed by atoms with Gasteiger partial charge in [0.05, 0.1) is 18.1 Å². The zero-order valence-electron chi connectivity index (χ0n) is 10.7. The lowest BCUT2D eigenvalue weighted by atomic mass is 10.0. The molecule has 0 saturated carbocycles. The molecule has 0 spiro atoms. The molecule has 1 saturated heterocycles. The standard InChI is InChI=1S/C12H15N3O5/c16-11(13-7-12(17)5-6-20-8-12)14-9-1-3-10(4-2-9)15(18)19/h1-4,17H,5-8H2,(H2,13,14,16). The average molecular weight is 281 g/mol. The van der Waals surface area contributed by atoms with Gasteiger partial charge in [-0.25, -0.2) is 4.79 Å². The third-order valence-electron chi connectivity index (χ3n) is 3.00. The van der Waals surface area contributed by atoms with E-state index in [9.17, 15) is 20.0 Å². The fraction of sp³-hybridized carbons (Fsp3) is 0.417. The second-order valence-electron chi connectivity index (χ2n) is 4.64. The van der Waals surface area contributed by atoms with Crippen molar-refractivity contribution in [2.45, 2.75) is 12.0 Å². The lowest BCUT2D eigenvalue weighted by molar-refractivity contribution is -0.384. The van der Waals surface area contributed by atoms with Crippen LogP contribution >= 0.6 is 0 Å². The van der Waals surface area contributed by atoms with E-state index in [0.29, 0.717) is 18.7 Å². The van der Waals surface area contributed by atoms with Crippen molar-refractivity contribution < 1.29 is 19.6 Å². The van der Waals surface area contributed by atoms with Gasteiger partial charge in [-0.1, -0.05) is 0 Å². The number of carbonyl (C=O) groups is 1. The molecule has 0 aliphatic carbocycles. The normalized spacial score (nSPS) is 21.4. The van der Waals surface area contributed by atoms with E-state index >= 15 is 0 Å². The average Bonchev–Trinajstić information content (AvgIpc) is 2.85. The number of amides is 2. The fourth-order valence-corrected chi connectivity index (χ4v) is 1.82. The molecule has 1 aliphatic rings. The Balaban J connectivity index is 1.83. The SMILES string of the molecule is O=C(NCC1(O)CCOC1)Nc1ccc([N+](=O)[O-])cc1. The molecule has 0 radical (unpaired) electrons. The lowest BCUT2D eigenvalue weighted by Crippen LogP contribution is -2.44. The summed E-state index contributed by atoms with van der Waals surface area (Å²) < 4.78 is 5.06. The first-order valence-electron chi connectivity index (χ1n) is 6.08. The Bertz CT molecular complexity index is 496. The summed E-state index contributed by atoms with van der Waals surface area (Å²) >= 11 is 0. The summed E-state index contributed by atoms with van der Waals surface area (Å²) in [6, 6.07) is 4.98. The molecule has 8 heteroatoms. The summed E-state index contributed by atoms with van der Waals surface area (Å²) in [4.78, 5) is 21.6. The number of carbonyl (C=O) groups excluding carboxylic acids is 1. The van der Waals surface area contributed by atoms with Crippen LogP contribution in [0.25, 0.3) is 0 Å². The maximum Gasteiger partial charge on any atom is 0.319 e. The number of nitro groups is 1. The summed E-state index contributed by atoms with van der Waals surface area (Å²) in [7, 11) is 0. The summed E-state index contributed by atoms with van der Waals surface area (Å²) in [6.45, 7) is 0.763. The molecular formula is C12H15N3O5. The number of hydrogen-bond acceptors (Lipinski definition) is 5. The van der Waals surface area contributed by atoms with Gasteiger partial charge in [-0.3, -0.25) is 10.1 Å². The fourth-order valence-electron chi connectivity index (χ4n) is 1.82. The zero-order chi connectivity index (χ0) is 14.6. The molecule has 1 fully saturated rings. The van der Waals surface area contributed by atoms with E-state index in [-0.39, 0.29) is 18.8 Å². The number of nitro benzene ring substituents is 1. The van der Waals surface area contributed by atoms with Gasteiger partial charge in [0.15, 0.2) is 0 Å². The van der Waals surface area contributed by atoms with Crippen molar-refractivity contribution in [3.63, 3.8) is 0 Å². The predicted octanol–water partition coefficient (Wildman–Crippen LogP) is 0.868. The van der Waals surface area contributed by atoms with Crippen molar-refractivity contribution in [3.8, 4) is 0 Å². The largest absolute Gasteiger partial charge is 0.386 e. The first kappa shape index (κ1) is 14.2. The lowest BCUT2D eigenvalue weighted by Gasteiger charge is -2.20. The van der Waals surface area contributed by atoms with E-state index in [1.807, 2.05) is 0 Å². The van der Waals surface area contributed by atoms with Crippen molar-refractivity contribution in [1.29, 1.82) is 0 Å². The summed E-state index contributed by atoms with van der Waals surface area (Å²) in [5.41, 5.74) is -0.636. The highest BCUT2D eigenvalue weighted by atomic mass is 16.6. The molecule has 2 amide bonds. The molecule has 1 unspecified atom stereocenters. The number of rotatable bonds is 4. The Morgan fingerprint density at radius 2 is 2.15 bits per heavy atom. The van der Waals surface area contributed by atoms with E-state index in [2.05, 4.69) is 10.6 Å². The van der Waals surface area contributed by atoms with Gasteiger partial charge in [-0.05, 0) is 12.1 Å². The van der Waals surface area contributed by atoms with Crippen LogP contribution in [0.5, 0.6) is 0 Å². The van der Waals surface area contributed by atoms with E-state index in [1.165, 1.54) is 24.3 Å². The highest BCUT2D eigenvalue weighted by Crippen LogP contribution is 2.17. The Morgan fingerprint density at radius 1 is 1.45 bits per heavy atom. The number of nitrogens with one attached hydrogen (secondary N) is 2. The summed E-state index contributed by atoms with van der Waals surface area (Å²) in [5, 5.41) is 25.5. The highest BCUT2D eigenvalue weighted by Gasteiger charge is 2.32. The van der Waals surface area contributed by atoms with Crippen molar-refractivity contribution in [2.75, 3.05) is 25.1 Å². The van der Waals surface area contributed by atoms with Crippen LogP contribution in [0.2, 0.25) is 0 Å². The van der Waals surface area contributed by atoms with Crippen LogP contribution < -0.4 is 10.6 Å². The summed E-state index contributed by atoms with van der Waals surface area (Å²) in [6.07, 6.45) is 0.477. The molecule has 0 bridgehead atoms. The molecule has 20 heavy (non-hydrogen) atoms. The molecule has 3 N–H and O–H groups in total. The molecule has 1 aromatic rings. The van der Waals surface area contributed by atoms with Crippen molar-refractivity contribution in [3.05, 3.63) is 34.4 Å². The molecule has 0 aromatic heterocycles. The van der Waals surface area contributed by atoms with E-state index in [1.54, 1.807) is 0 Å². The van der Waals surface area contributed by atoms with Gasteiger partial charge in [0.25, 0.3) is 5.69 Å². The molecule has 108 valence electrons. The smallest absolute Gasteiger partial charge is 0.319 e. The number of aliphatic hydroxyl groups is 1. The highest BCUT2D eigenvalue weighted by molar-refractivity contribution is 5.89. The van der Waals surface area contributed by atoms with Crippen LogP contribution in [-0.4, -0.2) is 41.4 Å². The first-order chi connectivity index (χ1) is 9.48. The van der Waals surface area contributed by atoms with Gasteiger partial charge in [-0.15, -0.1) is 0 Å². The van der Waals surface area contributed by atoms with Gasteiger partial charge < -0.3 is 20.5 Å². The van der Waals surface area contributed by atoms with Gasteiger partial charge in [0.1, 0.15) is 5.60 Å². The number of nitrogens with zero attached hydrogens (tertiary/aromatic N) is 1. The molecule has 2 rings (SSSR count). The van der Waals surface area contributed by atoms with Crippen molar-refractivity contribution >= 4 is 17.4 Å². The third-order valence-corrected chi connectivity index (χ3v) is 3.00. The monoisotopic (exact) mass is 281 g/mol. The van der Waals surface area contributed by atoms with Crippen LogP contribution in [0.15, 0.2) is 24.3 Å². The van der Waals surface area contributed by atoms with Crippen molar-refractivity contribution in [2.24, 2.45) is 0 Å². The van der Waals surface area contributed by atoms with Crippen LogP contribution in [0.1, 0.15) is 6.42 Å². The molecular weight excluding hydrogens is 266 g/mol. The molecule has 1 aromatic carbocycles. The Hall–Kier alpha value is -2.19. The van der Waals surface area contributed by atoms with Crippen LogP contribution in [0.4, 0.5) is 16.2 Å². The van der Waals surface area contributed by atoms with Crippen LogP contribution in [0.3, 0.4) is 0 Å².